The third-order valence-electron chi connectivity index (χ3n) is 2.60. The van der Waals surface area contributed by atoms with Gasteiger partial charge in [0, 0.05) is 19.1 Å². The lowest BCUT2D eigenvalue weighted by atomic mass is 10.1. The Bertz CT molecular complexity index is 362. The highest BCUT2D eigenvalue weighted by atomic mass is 32.1. The number of nitrogens with two attached hydrogens (primary N) is 1. The minimum Gasteiger partial charge on any atom is -0.484 e. The molecule has 1 atom stereocenters. The van der Waals surface area contributed by atoms with E-state index >= 15 is 0 Å². The summed E-state index contributed by atoms with van der Waals surface area (Å²) in [6.45, 7) is 6.54. The van der Waals surface area contributed by atoms with Gasteiger partial charge < -0.3 is 20.5 Å². The van der Waals surface area contributed by atoms with Crippen molar-refractivity contribution in [1.82, 2.24) is 4.37 Å². The zero-order chi connectivity index (χ0) is 12.3. The Balaban J connectivity index is 1.94. The maximum absolute atomic E-state index is 5.78. The molecule has 96 valence electrons. The molecule has 0 aliphatic carbocycles. The quantitative estimate of drug-likeness (QED) is 0.844. The lowest BCUT2D eigenvalue weighted by Crippen LogP contribution is -2.15. The van der Waals surface area contributed by atoms with Crippen LogP contribution in [0.1, 0.15) is 20.3 Å². The fourth-order valence-electron chi connectivity index (χ4n) is 1.74. The molecule has 1 aliphatic heterocycles. The standard InChI is InChI=1S/C11H19N3O2S/c1-7(2)16-9-10(12)14-17-11(9)13-5-8-3-4-15-6-8/h7-8,13H,3-6H2,1-2H3,(H2,12,14). The van der Waals surface area contributed by atoms with Crippen molar-refractivity contribution >= 4 is 22.4 Å². The number of nitrogen functional groups attached to an aromatic ring is 1. The molecule has 5 nitrogen and oxygen atoms in total. The maximum Gasteiger partial charge on any atom is 0.197 e. The van der Waals surface area contributed by atoms with E-state index in [1.807, 2.05) is 13.8 Å². The summed E-state index contributed by atoms with van der Waals surface area (Å²) in [4.78, 5) is 0. The van der Waals surface area contributed by atoms with Crippen LogP contribution in [0.4, 0.5) is 10.8 Å². The highest BCUT2D eigenvalue weighted by molar-refractivity contribution is 7.11. The van der Waals surface area contributed by atoms with Crippen LogP contribution in [0.25, 0.3) is 0 Å². The van der Waals surface area contributed by atoms with Gasteiger partial charge in [0.2, 0.25) is 0 Å². The molecule has 3 N–H and O–H groups in total. The van der Waals surface area contributed by atoms with Crippen molar-refractivity contribution in [3.8, 4) is 5.75 Å². The number of nitrogens with one attached hydrogen (secondary N) is 1. The molecule has 1 aromatic heterocycles. The van der Waals surface area contributed by atoms with Gasteiger partial charge in [-0.25, -0.2) is 0 Å². The summed E-state index contributed by atoms with van der Waals surface area (Å²) in [6.07, 6.45) is 1.21. The molecular weight excluding hydrogens is 238 g/mol. The van der Waals surface area contributed by atoms with E-state index in [-0.39, 0.29) is 6.10 Å². The number of ether oxygens (including phenoxy) is 2. The smallest absolute Gasteiger partial charge is 0.197 e. The van der Waals surface area contributed by atoms with Gasteiger partial charge in [0.15, 0.2) is 16.6 Å². The molecule has 6 heteroatoms. The average molecular weight is 257 g/mol. The third kappa shape index (κ3) is 3.23. The highest BCUT2D eigenvalue weighted by Gasteiger charge is 2.18. The maximum atomic E-state index is 5.78. The number of hydrogen-bond donors (Lipinski definition) is 2. The summed E-state index contributed by atoms with van der Waals surface area (Å²) >= 11 is 1.35. The molecule has 0 amide bonds. The van der Waals surface area contributed by atoms with Crippen LogP contribution >= 0.6 is 11.5 Å². The van der Waals surface area contributed by atoms with Gasteiger partial charge in [-0.2, -0.15) is 4.37 Å². The molecular formula is C11H19N3O2S. The first-order valence-corrected chi connectivity index (χ1v) is 6.67. The van der Waals surface area contributed by atoms with Crippen LogP contribution in [0, 0.1) is 5.92 Å². The Morgan fingerprint density at radius 1 is 1.65 bits per heavy atom. The van der Waals surface area contributed by atoms with Gasteiger partial charge in [-0.05, 0) is 31.8 Å². The first kappa shape index (κ1) is 12.4. The van der Waals surface area contributed by atoms with Crippen molar-refractivity contribution in [3.05, 3.63) is 0 Å². The van der Waals surface area contributed by atoms with Gasteiger partial charge in [-0.1, -0.05) is 0 Å². The van der Waals surface area contributed by atoms with Gasteiger partial charge in [0.05, 0.1) is 12.7 Å². The van der Waals surface area contributed by atoms with Crippen molar-refractivity contribution in [2.24, 2.45) is 5.92 Å². The highest BCUT2D eigenvalue weighted by Crippen LogP contribution is 2.36. The normalized spacial score (nSPS) is 19.8. The van der Waals surface area contributed by atoms with Crippen LogP contribution in [0.15, 0.2) is 0 Å². The molecule has 0 spiro atoms. The molecule has 0 aromatic carbocycles. The fourth-order valence-corrected chi connectivity index (χ4v) is 2.39. The fraction of sp³-hybridized carbons (Fsp3) is 0.727. The minimum atomic E-state index is 0.101. The number of anilines is 2. The van der Waals surface area contributed by atoms with E-state index in [0.717, 1.165) is 31.2 Å². The molecule has 1 fully saturated rings. The molecule has 1 unspecified atom stereocenters. The van der Waals surface area contributed by atoms with E-state index in [1.54, 1.807) is 0 Å². The Morgan fingerprint density at radius 2 is 2.47 bits per heavy atom. The monoisotopic (exact) mass is 257 g/mol. The molecule has 0 saturated carbocycles. The van der Waals surface area contributed by atoms with Crippen molar-refractivity contribution in [2.75, 3.05) is 30.8 Å². The molecule has 1 aromatic rings. The predicted octanol–water partition coefficient (Wildman–Crippen LogP) is 1.96. The Hall–Kier alpha value is -1.01. The van der Waals surface area contributed by atoms with Crippen LogP contribution in [0.2, 0.25) is 0 Å². The van der Waals surface area contributed by atoms with E-state index in [1.165, 1.54) is 11.5 Å². The number of aromatic nitrogens is 1. The zero-order valence-electron chi connectivity index (χ0n) is 10.2. The Labute approximate surface area is 105 Å². The average Bonchev–Trinajstić information content (AvgIpc) is 2.88. The summed E-state index contributed by atoms with van der Waals surface area (Å²) in [5.41, 5.74) is 5.78. The van der Waals surface area contributed by atoms with Crippen LogP contribution in [-0.4, -0.2) is 30.2 Å². The summed E-state index contributed by atoms with van der Waals surface area (Å²) < 4.78 is 15.1. The second-order valence-corrected chi connectivity index (χ2v) is 5.28. The lowest BCUT2D eigenvalue weighted by molar-refractivity contribution is 0.187. The van der Waals surface area contributed by atoms with Crippen LogP contribution in [0.5, 0.6) is 5.75 Å². The summed E-state index contributed by atoms with van der Waals surface area (Å²) in [7, 11) is 0. The van der Waals surface area contributed by atoms with E-state index in [9.17, 15) is 0 Å². The van der Waals surface area contributed by atoms with Crippen LogP contribution < -0.4 is 15.8 Å². The van der Waals surface area contributed by atoms with Gasteiger partial charge in [-0.3, -0.25) is 0 Å². The molecule has 2 heterocycles. The van der Waals surface area contributed by atoms with Crippen molar-refractivity contribution in [2.45, 2.75) is 26.4 Å². The zero-order valence-corrected chi connectivity index (χ0v) is 11.0. The predicted molar refractivity (Wildman–Crippen MR) is 69.7 cm³/mol. The number of nitrogens with zero attached hydrogens (tertiary/aromatic N) is 1. The summed E-state index contributed by atoms with van der Waals surface area (Å²) in [6, 6.07) is 0. The van der Waals surface area contributed by atoms with Crippen LogP contribution in [-0.2, 0) is 4.74 Å². The summed E-state index contributed by atoms with van der Waals surface area (Å²) in [5, 5.41) is 4.27. The molecule has 17 heavy (non-hydrogen) atoms. The second kappa shape index (κ2) is 5.55. The minimum absolute atomic E-state index is 0.101. The summed E-state index contributed by atoms with van der Waals surface area (Å²) in [5.74, 6) is 1.73. The number of rotatable bonds is 5. The van der Waals surface area contributed by atoms with Gasteiger partial charge in [-0.15, -0.1) is 0 Å². The SMILES string of the molecule is CC(C)Oc1c(N)nsc1NCC1CCOC1. The first-order valence-electron chi connectivity index (χ1n) is 5.90. The van der Waals surface area contributed by atoms with E-state index < -0.39 is 0 Å². The van der Waals surface area contributed by atoms with Gasteiger partial charge in [0.1, 0.15) is 0 Å². The first-order chi connectivity index (χ1) is 8.16. The topological polar surface area (TPSA) is 69.4 Å². The van der Waals surface area contributed by atoms with E-state index in [2.05, 4.69) is 9.69 Å². The number of hydrogen-bond acceptors (Lipinski definition) is 6. The lowest BCUT2D eigenvalue weighted by Gasteiger charge is -2.13. The molecule has 0 bridgehead atoms. The van der Waals surface area contributed by atoms with E-state index in [4.69, 9.17) is 15.2 Å². The molecule has 1 aliphatic rings. The van der Waals surface area contributed by atoms with Gasteiger partial charge >= 0.3 is 0 Å². The Morgan fingerprint density at radius 3 is 3.12 bits per heavy atom. The van der Waals surface area contributed by atoms with Gasteiger partial charge in [0.25, 0.3) is 0 Å². The van der Waals surface area contributed by atoms with Crippen molar-refractivity contribution < 1.29 is 9.47 Å². The van der Waals surface area contributed by atoms with Crippen molar-refractivity contribution in [3.63, 3.8) is 0 Å². The Kier molecular flexibility index (Phi) is 4.06. The molecule has 2 rings (SSSR count). The second-order valence-electron chi connectivity index (χ2n) is 4.50. The molecule has 0 radical (unpaired) electrons. The molecule has 1 saturated heterocycles. The van der Waals surface area contributed by atoms with Crippen LogP contribution in [0.3, 0.4) is 0 Å². The van der Waals surface area contributed by atoms with E-state index in [0.29, 0.717) is 17.5 Å². The largest absolute Gasteiger partial charge is 0.484 e. The third-order valence-corrected chi connectivity index (χ3v) is 3.40. The van der Waals surface area contributed by atoms with Crippen molar-refractivity contribution in [1.29, 1.82) is 0 Å².